The van der Waals surface area contributed by atoms with E-state index in [2.05, 4.69) is 0 Å². The molecule has 34 heteroatoms. The SMILES string of the molecule is [B]c1c([B])c([B])c(-n2c3c([B])c([B])c([B])c([B])c3c3c([B])c(-c4c([B])c(-c5c([B])c([B])c6c([B])c([B])c7c([B])c([B])c([B])c8c([B])c([B])c5c6c78)c([B])c(-c5c([B])c([B])c6c([B])c([B])c7c([B])c([B])c([B])c8c([B])c([B])c5c6c78)c4[B])c([B])c([B])c32)c([B])c1[B]. The van der Waals surface area contributed by atoms with Crippen LogP contribution in [0.2, 0.25) is 0 Å². The van der Waals surface area contributed by atoms with E-state index < -0.39 is 0 Å². The smallest absolute Gasteiger partial charge is 0.115 e. The Hall–Kier alpha value is -5.34. The highest BCUT2D eigenvalue weighted by Crippen LogP contribution is 2.38. The van der Waals surface area contributed by atoms with E-state index in [-0.39, 0.29) is 306 Å². The van der Waals surface area contributed by atoms with Gasteiger partial charge in [0, 0.05) is 22.1 Å². The zero-order valence-electron chi connectivity index (χ0n) is 47.5. The molecule has 12 aromatic carbocycles. The minimum atomic E-state index is -0.349. The molecule has 328 valence electrons. The number of aromatic nitrogens is 1. The molecule has 1 aromatic heterocycles. The van der Waals surface area contributed by atoms with E-state index in [1.165, 1.54) is 4.57 Å². The predicted octanol–water partition coefficient (Wildman–Crippen LogP) is -24.2. The Bertz CT molecular complexity index is 5380. The Labute approximate surface area is 564 Å². The van der Waals surface area contributed by atoms with E-state index in [0.717, 1.165) is 0 Å². The lowest BCUT2D eigenvalue weighted by atomic mass is 9.55. The van der Waals surface area contributed by atoms with Crippen molar-refractivity contribution in [3.63, 3.8) is 0 Å². The summed E-state index contributed by atoms with van der Waals surface area (Å²) in [5.41, 5.74) is -6.87. The van der Waals surface area contributed by atoms with Crippen LogP contribution < -0.4 is 180 Å². The standard InChI is InChI=1S/C56B33N/c57-21-15(7-5-1-3-11(31(67)25(5)61)37(73)43(79)39(75)13(3)35(71)33(69)9(1)29(65)27(7)63)22(58)17(23(59)16(21)8-6-2-4-12(32(68)26(6)62)38(74)44(80)40(76)14(4)36(72)34(70)10(2)30(66)28(8)64)18-24(60)19-20-42(78)45(81)47(83)51(87)55(20)90(54(19)50(86)41(18)77)56-52(88)48(84)46(82)49(85)53(56)89. The van der Waals surface area contributed by atoms with Crippen LogP contribution in [0.5, 0.6) is 0 Å². The first kappa shape index (κ1) is 63.4. The van der Waals surface area contributed by atoms with Crippen molar-refractivity contribution in [2.45, 2.75) is 0 Å². The van der Waals surface area contributed by atoms with Gasteiger partial charge in [0.1, 0.15) is 259 Å². The number of nitrogens with zero attached hydrogens (tertiary/aromatic N) is 1. The maximum atomic E-state index is 7.77. The van der Waals surface area contributed by atoms with Crippen LogP contribution in [0.3, 0.4) is 0 Å². The van der Waals surface area contributed by atoms with Crippen LogP contribution in [0.25, 0.3) is 126 Å². The van der Waals surface area contributed by atoms with Crippen LogP contribution in [0.4, 0.5) is 0 Å². The zero-order valence-corrected chi connectivity index (χ0v) is 47.5. The van der Waals surface area contributed by atoms with Crippen LogP contribution >= 0.6 is 0 Å². The van der Waals surface area contributed by atoms with Gasteiger partial charge in [0.25, 0.3) is 0 Å². The van der Waals surface area contributed by atoms with Crippen LogP contribution in [-0.2, 0) is 0 Å². The number of benzene rings is 12. The van der Waals surface area contributed by atoms with Gasteiger partial charge in [0.05, 0.1) is 0 Å². The van der Waals surface area contributed by atoms with E-state index >= 15 is 0 Å². The number of hydrogen-bond acceptors (Lipinski definition) is 0. The summed E-state index contributed by atoms with van der Waals surface area (Å²) in [6.45, 7) is 0. The summed E-state index contributed by atoms with van der Waals surface area (Å²) < 4.78 is 1.38. The molecule has 0 atom stereocenters. The molecule has 0 spiro atoms. The fourth-order valence-corrected chi connectivity index (χ4v) is 13.9. The summed E-state index contributed by atoms with van der Waals surface area (Å²) in [5.74, 6) is 0. The third-order valence-electron chi connectivity index (χ3n) is 18.4. The molecule has 0 saturated heterocycles. The van der Waals surface area contributed by atoms with E-state index in [0.29, 0.717) is 0 Å². The van der Waals surface area contributed by atoms with Gasteiger partial charge in [-0.3, -0.25) is 0 Å². The quantitative estimate of drug-likeness (QED) is 0.122. The van der Waals surface area contributed by atoms with Gasteiger partial charge in [-0.25, -0.2) is 0 Å². The fraction of sp³-hybridized carbons (Fsp3) is 0. The molecule has 0 aliphatic rings. The molecule has 0 unspecified atom stereocenters. The number of rotatable bonds is 4. The van der Waals surface area contributed by atoms with Crippen LogP contribution in [0.15, 0.2) is 0 Å². The van der Waals surface area contributed by atoms with Gasteiger partial charge in [0.2, 0.25) is 0 Å². The topological polar surface area (TPSA) is 4.93 Å². The first-order valence-electron chi connectivity index (χ1n) is 26.7. The van der Waals surface area contributed by atoms with Gasteiger partial charge in [-0.05, 0) is 103 Å². The molecule has 0 aliphatic carbocycles. The van der Waals surface area contributed by atoms with E-state index in [9.17, 15) is 0 Å². The minimum absolute atomic E-state index is 0.00783. The lowest BCUT2D eigenvalue weighted by Crippen LogP contribution is -2.56. The Balaban J connectivity index is 1.33. The van der Waals surface area contributed by atoms with E-state index in [4.69, 9.17) is 259 Å². The fourth-order valence-electron chi connectivity index (χ4n) is 13.9. The molecule has 1 heterocycles. The lowest BCUT2D eigenvalue weighted by Gasteiger charge is -2.34. The van der Waals surface area contributed by atoms with Crippen molar-refractivity contribution in [2.24, 2.45) is 0 Å². The Morgan fingerprint density at radius 3 is 0.622 bits per heavy atom. The van der Waals surface area contributed by atoms with Crippen LogP contribution in [0, 0.1) is 0 Å². The molecule has 90 heavy (non-hydrogen) atoms. The highest BCUT2D eigenvalue weighted by atomic mass is 15.0. The predicted molar refractivity (Wildman–Crippen MR) is 422 cm³/mol. The Kier molecular flexibility index (Phi) is 14.7. The highest BCUT2D eigenvalue weighted by molar-refractivity contribution is 6.80. The van der Waals surface area contributed by atoms with Crippen molar-refractivity contribution in [3.8, 4) is 39.1 Å². The molecular formula is C56B33N. The molecule has 0 fully saturated rings. The lowest BCUT2D eigenvalue weighted by molar-refractivity contribution is 1.22. The maximum absolute atomic E-state index is 7.77. The summed E-state index contributed by atoms with van der Waals surface area (Å²) >= 11 is 0. The van der Waals surface area contributed by atoms with E-state index in [1.807, 2.05) is 0 Å². The summed E-state index contributed by atoms with van der Waals surface area (Å²) in [6.07, 6.45) is 0. The number of fused-ring (bicyclic) bond motifs is 3. The van der Waals surface area contributed by atoms with Crippen molar-refractivity contribution in [1.82, 2.24) is 4.57 Å². The van der Waals surface area contributed by atoms with Crippen molar-refractivity contribution in [3.05, 3.63) is 0 Å². The molecule has 13 aromatic rings. The average molecular weight is 1040 g/mol. The summed E-state index contributed by atoms with van der Waals surface area (Å²) in [5, 5.41) is 1.57. The molecule has 13 rings (SSSR count). The highest BCUT2D eigenvalue weighted by Gasteiger charge is 2.34. The zero-order chi connectivity index (χ0) is 65.9. The molecule has 0 bridgehead atoms. The summed E-state index contributed by atoms with van der Waals surface area (Å²) in [4.78, 5) is 0. The second-order valence-corrected chi connectivity index (χ2v) is 22.5. The van der Waals surface area contributed by atoms with Gasteiger partial charge in [-0.15, -0.1) is 38.2 Å². The van der Waals surface area contributed by atoms with Crippen molar-refractivity contribution >= 4 is 526 Å². The van der Waals surface area contributed by atoms with Crippen molar-refractivity contribution in [1.29, 1.82) is 0 Å². The minimum Gasteiger partial charge on any atom is -0.312 e. The van der Waals surface area contributed by atoms with Crippen LogP contribution in [-0.4, -0.2) is 263 Å². The third kappa shape index (κ3) is 7.52. The first-order chi connectivity index (χ1) is 42.1. The second-order valence-electron chi connectivity index (χ2n) is 22.5. The largest absolute Gasteiger partial charge is 0.312 e. The first-order valence-corrected chi connectivity index (χ1v) is 26.7. The molecule has 1 nitrogen and oxygen atoms in total. The molecule has 66 radical (unpaired) electrons. The summed E-state index contributed by atoms with van der Waals surface area (Å²) in [7, 11) is 231. The van der Waals surface area contributed by atoms with Gasteiger partial charge in [-0.1, -0.05) is 142 Å². The van der Waals surface area contributed by atoms with E-state index in [1.54, 1.807) is 0 Å². The Morgan fingerprint density at radius 1 is 0.111 bits per heavy atom. The second kappa shape index (κ2) is 20.8. The van der Waals surface area contributed by atoms with Gasteiger partial charge < -0.3 is 4.57 Å². The third-order valence-corrected chi connectivity index (χ3v) is 18.4. The number of hydrogen-bond donors (Lipinski definition) is 0. The molecule has 0 saturated carbocycles. The van der Waals surface area contributed by atoms with Crippen LogP contribution in [0.1, 0.15) is 0 Å². The molecular weight excluding hydrogens is 1040 g/mol. The van der Waals surface area contributed by atoms with Gasteiger partial charge >= 0.3 is 0 Å². The van der Waals surface area contributed by atoms with Crippen molar-refractivity contribution < 1.29 is 0 Å². The van der Waals surface area contributed by atoms with Gasteiger partial charge in [0.15, 0.2) is 0 Å². The summed E-state index contributed by atoms with van der Waals surface area (Å²) in [6, 6.07) is 0. The van der Waals surface area contributed by atoms with Gasteiger partial charge in [-0.2, -0.15) is 0 Å². The maximum Gasteiger partial charge on any atom is 0.115 e. The monoisotopic (exact) mass is 1050 g/mol. The Morgan fingerprint density at radius 2 is 0.289 bits per heavy atom. The molecule has 0 aliphatic heterocycles. The van der Waals surface area contributed by atoms with Crippen molar-refractivity contribution in [2.75, 3.05) is 0 Å². The normalized spacial score (nSPS) is 12.1. The molecule has 0 N–H and O–H groups in total. The molecule has 0 amide bonds. The average Bonchev–Trinajstić information content (AvgIpc) is 0.800.